The maximum absolute atomic E-state index is 5.22. The Morgan fingerprint density at radius 3 is 2.94 bits per heavy atom. The number of fused-ring (bicyclic) bond motifs is 1. The van der Waals surface area contributed by atoms with Crippen LogP contribution < -0.4 is 4.74 Å². The van der Waals surface area contributed by atoms with Gasteiger partial charge in [-0.1, -0.05) is 12.1 Å². The van der Waals surface area contributed by atoms with Gasteiger partial charge in [0, 0.05) is 17.8 Å². The van der Waals surface area contributed by atoms with Crippen molar-refractivity contribution in [3.05, 3.63) is 48.8 Å². The average molecular weight is 225 g/mol. The molecule has 0 saturated heterocycles. The lowest BCUT2D eigenvalue weighted by atomic mass is 10.1. The van der Waals surface area contributed by atoms with Gasteiger partial charge in [-0.25, -0.2) is 9.50 Å². The summed E-state index contributed by atoms with van der Waals surface area (Å²) >= 11 is 0. The van der Waals surface area contributed by atoms with Crippen LogP contribution in [0.5, 0.6) is 5.75 Å². The fourth-order valence-electron chi connectivity index (χ4n) is 1.84. The molecule has 2 aromatic heterocycles. The van der Waals surface area contributed by atoms with E-state index in [9.17, 15) is 0 Å². The van der Waals surface area contributed by atoms with Crippen LogP contribution in [0.3, 0.4) is 0 Å². The van der Waals surface area contributed by atoms with Crippen LogP contribution in [0.4, 0.5) is 0 Å². The van der Waals surface area contributed by atoms with E-state index in [1.54, 1.807) is 19.5 Å². The molecule has 0 aliphatic heterocycles. The van der Waals surface area contributed by atoms with E-state index < -0.39 is 0 Å². The molecular weight excluding hydrogens is 214 g/mol. The lowest BCUT2D eigenvalue weighted by molar-refractivity contribution is 0.415. The fraction of sp³-hybridized carbons (Fsp3) is 0.0769. The molecular formula is C13H11N3O. The second-order valence-corrected chi connectivity index (χ2v) is 3.66. The van der Waals surface area contributed by atoms with E-state index in [1.807, 2.05) is 40.9 Å². The minimum atomic E-state index is 0.833. The van der Waals surface area contributed by atoms with Gasteiger partial charge in [-0.15, -0.1) is 0 Å². The van der Waals surface area contributed by atoms with Crippen molar-refractivity contribution >= 4 is 5.65 Å². The van der Waals surface area contributed by atoms with Crippen LogP contribution >= 0.6 is 0 Å². The van der Waals surface area contributed by atoms with Gasteiger partial charge in [0.15, 0.2) is 5.65 Å². The highest BCUT2D eigenvalue weighted by atomic mass is 16.5. The number of rotatable bonds is 2. The monoisotopic (exact) mass is 225 g/mol. The number of methoxy groups -OCH3 is 1. The normalized spacial score (nSPS) is 10.6. The predicted molar refractivity (Wildman–Crippen MR) is 65.0 cm³/mol. The topological polar surface area (TPSA) is 39.4 Å². The second kappa shape index (κ2) is 3.90. The minimum Gasteiger partial charge on any atom is -0.497 e. The molecule has 3 rings (SSSR count). The van der Waals surface area contributed by atoms with Crippen molar-refractivity contribution in [1.82, 2.24) is 14.6 Å². The summed E-state index contributed by atoms with van der Waals surface area (Å²) in [4.78, 5) is 4.24. The van der Waals surface area contributed by atoms with Crippen LogP contribution in [-0.4, -0.2) is 21.7 Å². The van der Waals surface area contributed by atoms with Gasteiger partial charge in [-0.2, -0.15) is 5.10 Å². The molecule has 4 heteroatoms. The summed E-state index contributed by atoms with van der Waals surface area (Å²) in [5.74, 6) is 0.833. The van der Waals surface area contributed by atoms with E-state index in [-0.39, 0.29) is 0 Å². The Bertz CT molecular complexity index is 660. The van der Waals surface area contributed by atoms with E-state index >= 15 is 0 Å². The van der Waals surface area contributed by atoms with Gasteiger partial charge < -0.3 is 4.74 Å². The highest BCUT2D eigenvalue weighted by Crippen LogP contribution is 2.23. The Kier molecular flexibility index (Phi) is 2.26. The van der Waals surface area contributed by atoms with Gasteiger partial charge in [0.05, 0.1) is 19.0 Å². The van der Waals surface area contributed by atoms with Crippen LogP contribution in [0, 0.1) is 0 Å². The van der Waals surface area contributed by atoms with E-state index in [1.165, 1.54) is 0 Å². The third-order valence-corrected chi connectivity index (χ3v) is 2.66. The van der Waals surface area contributed by atoms with Crippen LogP contribution in [0.25, 0.3) is 16.9 Å². The van der Waals surface area contributed by atoms with Gasteiger partial charge in [0.25, 0.3) is 0 Å². The van der Waals surface area contributed by atoms with Crippen molar-refractivity contribution < 1.29 is 4.74 Å². The molecule has 0 bridgehead atoms. The van der Waals surface area contributed by atoms with Crippen LogP contribution in [-0.2, 0) is 0 Å². The number of benzene rings is 1. The molecule has 0 aliphatic rings. The summed E-state index contributed by atoms with van der Waals surface area (Å²) in [5.41, 5.74) is 2.89. The molecule has 4 nitrogen and oxygen atoms in total. The highest BCUT2D eigenvalue weighted by molar-refractivity contribution is 5.63. The molecule has 0 amide bonds. The maximum Gasteiger partial charge on any atom is 0.155 e. The lowest BCUT2D eigenvalue weighted by Crippen LogP contribution is -1.95. The van der Waals surface area contributed by atoms with Crippen LogP contribution in [0.2, 0.25) is 0 Å². The third-order valence-electron chi connectivity index (χ3n) is 2.66. The molecule has 0 fully saturated rings. The number of hydrogen-bond donors (Lipinski definition) is 0. The number of aromatic nitrogens is 3. The molecule has 2 heterocycles. The molecule has 0 N–H and O–H groups in total. The smallest absolute Gasteiger partial charge is 0.155 e. The van der Waals surface area contributed by atoms with E-state index in [4.69, 9.17) is 4.74 Å². The molecule has 0 saturated carbocycles. The van der Waals surface area contributed by atoms with Crippen molar-refractivity contribution in [2.24, 2.45) is 0 Å². The quantitative estimate of drug-likeness (QED) is 0.672. The minimum absolute atomic E-state index is 0.833. The number of ether oxygens (including phenoxy) is 1. The highest BCUT2D eigenvalue weighted by Gasteiger charge is 2.05. The molecule has 0 radical (unpaired) electrons. The van der Waals surface area contributed by atoms with Gasteiger partial charge in [0.1, 0.15) is 5.75 Å². The maximum atomic E-state index is 5.22. The molecule has 84 valence electrons. The second-order valence-electron chi connectivity index (χ2n) is 3.66. The average Bonchev–Trinajstić information content (AvgIpc) is 2.87. The first kappa shape index (κ1) is 9.84. The summed E-state index contributed by atoms with van der Waals surface area (Å²) in [7, 11) is 1.66. The predicted octanol–water partition coefficient (Wildman–Crippen LogP) is 2.40. The number of hydrogen-bond acceptors (Lipinski definition) is 3. The first-order chi connectivity index (χ1) is 8.38. The summed E-state index contributed by atoms with van der Waals surface area (Å²) < 4.78 is 7.04. The molecule has 0 unspecified atom stereocenters. The molecule has 0 atom stereocenters. The van der Waals surface area contributed by atoms with Crippen LogP contribution in [0.1, 0.15) is 0 Å². The van der Waals surface area contributed by atoms with Crippen molar-refractivity contribution in [1.29, 1.82) is 0 Å². The van der Waals surface area contributed by atoms with Crippen molar-refractivity contribution in [3.8, 4) is 17.0 Å². The van der Waals surface area contributed by atoms with Gasteiger partial charge in [-0.05, 0) is 18.2 Å². The van der Waals surface area contributed by atoms with Crippen molar-refractivity contribution in [2.45, 2.75) is 0 Å². The van der Waals surface area contributed by atoms with Gasteiger partial charge in [0.2, 0.25) is 0 Å². The zero-order chi connectivity index (χ0) is 11.7. The standard InChI is InChI=1S/C13H11N3O/c1-17-11-4-2-3-10(9-11)12-5-7-14-13-6-8-15-16(12)13/h2-9H,1H3. The van der Waals surface area contributed by atoms with E-state index in [0.29, 0.717) is 0 Å². The summed E-state index contributed by atoms with van der Waals surface area (Å²) in [5, 5.41) is 4.26. The van der Waals surface area contributed by atoms with E-state index in [0.717, 1.165) is 22.7 Å². The summed E-state index contributed by atoms with van der Waals surface area (Å²) in [6.07, 6.45) is 3.53. The number of nitrogens with zero attached hydrogens (tertiary/aromatic N) is 3. The third kappa shape index (κ3) is 1.63. The molecule has 17 heavy (non-hydrogen) atoms. The molecule has 1 aromatic carbocycles. The Hall–Kier alpha value is -2.36. The van der Waals surface area contributed by atoms with Crippen molar-refractivity contribution in [3.63, 3.8) is 0 Å². The van der Waals surface area contributed by atoms with Crippen molar-refractivity contribution in [2.75, 3.05) is 7.11 Å². The van der Waals surface area contributed by atoms with E-state index in [2.05, 4.69) is 10.1 Å². The lowest BCUT2D eigenvalue weighted by Gasteiger charge is -2.06. The molecule has 3 aromatic rings. The molecule has 0 spiro atoms. The zero-order valence-electron chi connectivity index (χ0n) is 9.37. The summed E-state index contributed by atoms with van der Waals surface area (Å²) in [6, 6.07) is 11.7. The summed E-state index contributed by atoms with van der Waals surface area (Å²) in [6.45, 7) is 0. The largest absolute Gasteiger partial charge is 0.497 e. The zero-order valence-corrected chi connectivity index (χ0v) is 9.37. The Labute approximate surface area is 98.5 Å². The SMILES string of the molecule is COc1cccc(-c2ccnc3ccnn23)c1. The Morgan fingerprint density at radius 1 is 1.12 bits per heavy atom. The van der Waals surface area contributed by atoms with Gasteiger partial charge in [-0.3, -0.25) is 0 Å². The first-order valence-corrected chi connectivity index (χ1v) is 5.31. The molecule has 0 aliphatic carbocycles. The fourth-order valence-corrected chi connectivity index (χ4v) is 1.84. The Morgan fingerprint density at radius 2 is 2.06 bits per heavy atom. The first-order valence-electron chi connectivity index (χ1n) is 5.31. The Balaban J connectivity index is 2.23. The van der Waals surface area contributed by atoms with Crippen LogP contribution in [0.15, 0.2) is 48.8 Å². The van der Waals surface area contributed by atoms with Gasteiger partial charge >= 0.3 is 0 Å².